The second-order valence-corrected chi connectivity index (χ2v) is 6.61. The maximum absolute atomic E-state index is 6.33. The predicted molar refractivity (Wildman–Crippen MR) is 77.1 cm³/mol. The lowest BCUT2D eigenvalue weighted by Gasteiger charge is -2.11. The molecule has 2 rings (SSSR count). The Labute approximate surface area is 116 Å². The molecule has 1 saturated carbocycles. The fourth-order valence-corrected chi connectivity index (χ4v) is 3.28. The van der Waals surface area contributed by atoms with E-state index in [1.54, 1.807) is 0 Å². The first-order chi connectivity index (χ1) is 8.65. The standard InChI is InChI=1S/C15H25ClN2/c1-12(2)11-13(16)7-8-14-9-10-18(17-14)15-5-3-4-6-15/h9-10,12-13,15H,3-8,11H2,1-2H3. The molecule has 1 heterocycles. The summed E-state index contributed by atoms with van der Waals surface area (Å²) in [6.07, 6.45) is 10.6. The van der Waals surface area contributed by atoms with Crippen molar-refractivity contribution in [1.82, 2.24) is 9.78 Å². The number of hydrogen-bond acceptors (Lipinski definition) is 1. The molecule has 0 aliphatic heterocycles. The molecule has 1 aromatic rings. The number of nitrogens with zero attached hydrogens (tertiary/aromatic N) is 2. The third-order valence-corrected chi connectivity index (χ3v) is 4.20. The van der Waals surface area contributed by atoms with E-state index in [9.17, 15) is 0 Å². The van der Waals surface area contributed by atoms with Crippen molar-refractivity contribution in [2.75, 3.05) is 0 Å². The second kappa shape index (κ2) is 6.60. The van der Waals surface area contributed by atoms with E-state index in [-0.39, 0.29) is 0 Å². The van der Waals surface area contributed by atoms with Gasteiger partial charge >= 0.3 is 0 Å². The quantitative estimate of drug-likeness (QED) is 0.691. The van der Waals surface area contributed by atoms with Crippen LogP contribution in [0.15, 0.2) is 12.3 Å². The van der Waals surface area contributed by atoms with E-state index in [0.717, 1.165) is 19.3 Å². The Balaban J connectivity index is 1.79. The summed E-state index contributed by atoms with van der Waals surface area (Å²) in [4.78, 5) is 0. The fraction of sp³-hybridized carbons (Fsp3) is 0.800. The minimum Gasteiger partial charge on any atom is -0.269 e. The number of hydrogen-bond donors (Lipinski definition) is 0. The Morgan fingerprint density at radius 3 is 2.78 bits per heavy atom. The van der Waals surface area contributed by atoms with E-state index < -0.39 is 0 Å². The van der Waals surface area contributed by atoms with E-state index in [2.05, 4.69) is 30.8 Å². The van der Waals surface area contributed by atoms with E-state index >= 15 is 0 Å². The van der Waals surface area contributed by atoms with Crippen molar-refractivity contribution >= 4 is 11.6 Å². The maximum Gasteiger partial charge on any atom is 0.0625 e. The molecular formula is C15H25ClN2. The molecule has 3 heteroatoms. The lowest BCUT2D eigenvalue weighted by molar-refractivity contribution is 0.461. The van der Waals surface area contributed by atoms with Crippen LogP contribution >= 0.6 is 11.6 Å². The number of alkyl halides is 1. The van der Waals surface area contributed by atoms with E-state index in [1.165, 1.54) is 31.4 Å². The summed E-state index contributed by atoms with van der Waals surface area (Å²) in [7, 11) is 0. The molecule has 1 aliphatic carbocycles. The van der Waals surface area contributed by atoms with Gasteiger partial charge in [-0.15, -0.1) is 11.6 Å². The smallest absolute Gasteiger partial charge is 0.0625 e. The van der Waals surface area contributed by atoms with Crippen LogP contribution in [0.1, 0.15) is 64.1 Å². The summed E-state index contributed by atoms with van der Waals surface area (Å²) in [6, 6.07) is 2.82. The first-order valence-corrected chi connectivity index (χ1v) is 7.77. The molecule has 0 N–H and O–H groups in total. The molecule has 102 valence electrons. The lowest BCUT2D eigenvalue weighted by Crippen LogP contribution is -2.07. The van der Waals surface area contributed by atoms with E-state index in [1.807, 2.05) is 0 Å². The number of aryl methyl sites for hydroxylation is 1. The molecule has 0 saturated heterocycles. The van der Waals surface area contributed by atoms with Gasteiger partial charge in [-0.3, -0.25) is 4.68 Å². The highest BCUT2D eigenvalue weighted by molar-refractivity contribution is 6.20. The molecule has 2 nitrogen and oxygen atoms in total. The molecule has 1 unspecified atom stereocenters. The van der Waals surface area contributed by atoms with Gasteiger partial charge in [0.25, 0.3) is 0 Å². The van der Waals surface area contributed by atoms with Crippen LogP contribution in [-0.2, 0) is 6.42 Å². The highest BCUT2D eigenvalue weighted by atomic mass is 35.5. The molecule has 0 spiro atoms. The average Bonchev–Trinajstić information content (AvgIpc) is 2.96. The van der Waals surface area contributed by atoms with Gasteiger partial charge in [0, 0.05) is 11.6 Å². The first-order valence-electron chi connectivity index (χ1n) is 7.33. The van der Waals surface area contributed by atoms with E-state index in [0.29, 0.717) is 17.3 Å². The molecule has 1 fully saturated rings. The predicted octanol–water partition coefficient (Wildman–Crippen LogP) is 4.58. The lowest BCUT2D eigenvalue weighted by atomic mass is 10.0. The molecule has 0 radical (unpaired) electrons. The van der Waals surface area contributed by atoms with Crippen molar-refractivity contribution in [1.29, 1.82) is 0 Å². The molecule has 0 bridgehead atoms. The largest absolute Gasteiger partial charge is 0.269 e. The van der Waals surface area contributed by atoms with Gasteiger partial charge < -0.3 is 0 Å². The first kappa shape index (κ1) is 13.9. The highest BCUT2D eigenvalue weighted by Gasteiger charge is 2.17. The molecular weight excluding hydrogens is 244 g/mol. The molecule has 18 heavy (non-hydrogen) atoms. The van der Waals surface area contributed by atoms with Crippen molar-refractivity contribution < 1.29 is 0 Å². The zero-order chi connectivity index (χ0) is 13.0. The van der Waals surface area contributed by atoms with Crippen molar-refractivity contribution in [3.05, 3.63) is 18.0 Å². The average molecular weight is 269 g/mol. The Morgan fingerprint density at radius 2 is 2.11 bits per heavy atom. The van der Waals surface area contributed by atoms with Crippen molar-refractivity contribution in [2.45, 2.75) is 70.2 Å². The SMILES string of the molecule is CC(C)CC(Cl)CCc1ccn(C2CCCC2)n1. The van der Waals surface area contributed by atoms with Crippen LogP contribution in [0.25, 0.3) is 0 Å². The van der Waals surface area contributed by atoms with Gasteiger partial charge in [0.1, 0.15) is 0 Å². The van der Waals surface area contributed by atoms with Gasteiger partial charge in [-0.25, -0.2) is 0 Å². The summed E-state index contributed by atoms with van der Waals surface area (Å²) in [6.45, 7) is 4.45. The van der Waals surface area contributed by atoms with Crippen LogP contribution < -0.4 is 0 Å². The number of rotatable bonds is 6. The van der Waals surface area contributed by atoms with Gasteiger partial charge in [0.15, 0.2) is 0 Å². The summed E-state index contributed by atoms with van der Waals surface area (Å²) >= 11 is 6.33. The van der Waals surface area contributed by atoms with Gasteiger partial charge in [-0.2, -0.15) is 5.10 Å². The van der Waals surface area contributed by atoms with Gasteiger partial charge in [-0.1, -0.05) is 26.7 Å². The fourth-order valence-electron chi connectivity index (χ4n) is 2.82. The highest BCUT2D eigenvalue weighted by Crippen LogP contribution is 2.28. The summed E-state index contributed by atoms with van der Waals surface area (Å²) in [5, 5.41) is 4.99. The molecule has 1 aromatic heterocycles. The van der Waals surface area contributed by atoms with Crippen LogP contribution in [0, 0.1) is 5.92 Å². The minimum atomic E-state index is 0.293. The second-order valence-electron chi connectivity index (χ2n) is 5.99. The summed E-state index contributed by atoms with van der Waals surface area (Å²) in [5.74, 6) is 0.684. The molecule has 1 aliphatic rings. The van der Waals surface area contributed by atoms with Crippen molar-refractivity contribution in [2.24, 2.45) is 5.92 Å². The molecule has 0 aromatic carbocycles. The Hall–Kier alpha value is -0.500. The van der Waals surface area contributed by atoms with Crippen LogP contribution in [0.5, 0.6) is 0 Å². The summed E-state index contributed by atoms with van der Waals surface area (Å²) in [5.41, 5.74) is 1.20. The monoisotopic (exact) mass is 268 g/mol. The zero-order valence-electron chi connectivity index (χ0n) is 11.6. The van der Waals surface area contributed by atoms with Crippen molar-refractivity contribution in [3.8, 4) is 0 Å². The maximum atomic E-state index is 6.33. The number of aromatic nitrogens is 2. The van der Waals surface area contributed by atoms with Gasteiger partial charge in [-0.05, 0) is 44.1 Å². The Kier molecular flexibility index (Phi) is 5.11. The van der Waals surface area contributed by atoms with Crippen LogP contribution in [0.2, 0.25) is 0 Å². The third-order valence-electron chi connectivity index (χ3n) is 3.80. The van der Waals surface area contributed by atoms with Crippen molar-refractivity contribution in [3.63, 3.8) is 0 Å². The zero-order valence-corrected chi connectivity index (χ0v) is 12.4. The Bertz CT molecular complexity index is 353. The van der Waals surface area contributed by atoms with E-state index in [4.69, 9.17) is 16.7 Å². The van der Waals surface area contributed by atoms with Crippen LogP contribution in [-0.4, -0.2) is 15.2 Å². The third kappa shape index (κ3) is 4.01. The number of halogens is 1. The minimum absolute atomic E-state index is 0.293. The summed E-state index contributed by atoms with van der Waals surface area (Å²) < 4.78 is 2.17. The van der Waals surface area contributed by atoms with Gasteiger partial charge in [0.2, 0.25) is 0 Å². The van der Waals surface area contributed by atoms with Gasteiger partial charge in [0.05, 0.1) is 11.7 Å². The van der Waals surface area contributed by atoms with Crippen LogP contribution in [0.3, 0.4) is 0 Å². The van der Waals surface area contributed by atoms with Crippen LogP contribution in [0.4, 0.5) is 0 Å². The normalized spacial score (nSPS) is 18.7. The Morgan fingerprint density at radius 1 is 1.39 bits per heavy atom. The molecule has 0 amide bonds. The topological polar surface area (TPSA) is 17.8 Å². The molecule has 1 atom stereocenters.